The topological polar surface area (TPSA) is 107 Å². The highest BCUT2D eigenvalue weighted by Gasteiger charge is 2.42. The minimum absolute atomic E-state index is 0.00976. The second-order valence-corrected chi connectivity index (χ2v) is 9.06. The minimum Gasteiger partial charge on any atom is -0.480 e. The molecule has 0 bridgehead atoms. The number of amides is 2. The van der Waals surface area contributed by atoms with E-state index in [1.807, 2.05) is 30.3 Å². The van der Waals surface area contributed by atoms with Gasteiger partial charge in [-0.25, -0.2) is 4.79 Å². The van der Waals surface area contributed by atoms with Crippen molar-refractivity contribution in [1.29, 1.82) is 0 Å². The van der Waals surface area contributed by atoms with Crippen LogP contribution < -0.4 is 5.32 Å². The van der Waals surface area contributed by atoms with Crippen molar-refractivity contribution in [2.45, 2.75) is 63.1 Å². The summed E-state index contributed by atoms with van der Waals surface area (Å²) < 4.78 is 0. The fourth-order valence-corrected chi connectivity index (χ4v) is 5.04. The lowest BCUT2D eigenvalue weighted by Crippen LogP contribution is -2.52. The molecule has 2 amide bonds. The molecule has 0 aromatic heterocycles. The van der Waals surface area contributed by atoms with Gasteiger partial charge in [-0.2, -0.15) is 0 Å². The zero-order valence-electron chi connectivity index (χ0n) is 18.1. The fourth-order valence-electron chi connectivity index (χ4n) is 5.04. The van der Waals surface area contributed by atoms with E-state index in [2.05, 4.69) is 5.32 Å². The molecule has 2 aliphatic rings. The van der Waals surface area contributed by atoms with Gasteiger partial charge in [0.1, 0.15) is 12.1 Å². The highest BCUT2D eigenvalue weighted by molar-refractivity contribution is 6.01. The normalized spacial score (nSPS) is 22.6. The number of fused-ring (bicyclic) bond motifs is 1. The number of nitrogens with one attached hydrogen (secondary N) is 1. The van der Waals surface area contributed by atoms with E-state index in [4.69, 9.17) is 0 Å². The van der Waals surface area contributed by atoms with Gasteiger partial charge in [-0.1, -0.05) is 62.4 Å². The molecule has 170 valence electrons. The van der Waals surface area contributed by atoms with Gasteiger partial charge in [-0.3, -0.25) is 9.59 Å². The number of aliphatic hydroxyl groups excluding tert-OH is 1. The first-order valence-corrected chi connectivity index (χ1v) is 11.4. The van der Waals surface area contributed by atoms with Crippen molar-refractivity contribution in [3.8, 4) is 0 Å². The Kier molecular flexibility index (Phi) is 6.74. The predicted molar refractivity (Wildman–Crippen MR) is 120 cm³/mol. The Hall–Kier alpha value is -2.93. The molecule has 7 nitrogen and oxygen atoms in total. The Labute approximate surface area is 187 Å². The van der Waals surface area contributed by atoms with Gasteiger partial charge in [0.25, 0.3) is 5.91 Å². The number of carboxylic acid groups (broad SMARTS) is 1. The molecule has 0 radical (unpaired) electrons. The third-order valence-corrected chi connectivity index (χ3v) is 6.76. The van der Waals surface area contributed by atoms with Crippen molar-refractivity contribution in [3.63, 3.8) is 0 Å². The summed E-state index contributed by atoms with van der Waals surface area (Å²) >= 11 is 0. The Morgan fingerprint density at radius 1 is 1.03 bits per heavy atom. The number of aliphatic hydroxyl groups is 1. The molecule has 4 rings (SSSR count). The summed E-state index contributed by atoms with van der Waals surface area (Å²) in [6, 6.07) is 11.3. The summed E-state index contributed by atoms with van der Waals surface area (Å²) in [5.41, 5.74) is 0.460. The van der Waals surface area contributed by atoms with Crippen molar-refractivity contribution in [1.82, 2.24) is 10.2 Å². The lowest BCUT2D eigenvalue weighted by Gasteiger charge is -2.31. The summed E-state index contributed by atoms with van der Waals surface area (Å²) in [7, 11) is 0. The van der Waals surface area contributed by atoms with Crippen molar-refractivity contribution in [2.24, 2.45) is 5.92 Å². The molecule has 1 saturated carbocycles. The van der Waals surface area contributed by atoms with Crippen LogP contribution in [0.4, 0.5) is 0 Å². The summed E-state index contributed by atoms with van der Waals surface area (Å²) in [6.45, 7) is -0.0250. The molecule has 1 saturated heterocycles. The van der Waals surface area contributed by atoms with E-state index in [0.29, 0.717) is 17.9 Å². The van der Waals surface area contributed by atoms with Gasteiger partial charge in [-0.15, -0.1) is 0 Å². The van der Waals surface area contributed by atoms with Crippen LogP contribution in [-0.4, -0.2) is 57.6 Å². The van der Waals surface area contributed by atoms with Crippen LogP contribution in [0, 0.1) is 5.92 Å². The van der Waals surface area contributed by atoms with Crippen LogP contribution in [0.15, 0.2) is 42.5 Å². The van der Waals surface area contributed by atoms with E-state index in [1.54, 1.807) is 12.1 Å². The third-order valence-electron chi connectivity index (χ3n) is 6.76. The number of β-amino-alcohol motifs (C(OH)–C–C–N with tert-alkyl or cyclic N) is 1. The molecule has 2 fully saturated rings. The molecular weight excluding hydrogens is 408 g/mol. The van der Waals surface area contributed by atoms with Gasteiger partial charge in [0.15, 0.2) is 0 Å². The quantitative estimate of drug-likeness (QED) is 0.643. The first-order chi connectivity index (χ1) is 15.4. The standard InChI is InChI=1S/C25H30N2O5/c28-20-14-22(25(31)32)27(15-20)24(30)21(12-16-6-2-1-3-7-16)26-23(29)19-11-10-17-8-4-5-9-18(17)13-19/h4-5,8-11,13,16,20-22,28H,1-3,6-7,12,14-15H2,(H,26,29)(H,31,32)/t20-,21-,22+/m1/s1. The molecule has 3 atom stereocenters. The number of rotatable bonds is 6. The fraction of sp³-hybridized carbons (Fsp3) is 0.480. The van der Waals surface area contributed by atoms with Gasteiger partial charge >= 0.3 is 5.97 Å². The Morgan fingerprint density at radius 2 is 1.75 bits per heavy atom. The summed E-state index contributed by atoms with van der Waals surface area (Å²) in [4.78, 5) is 39.4. The first kappa shape index (κ1) is 22.3. The van der Waals surface area contributed by atoms with Gasteiger partial charge in [0.2, 0.25) is 5.91 Å². The monoisotopic (exact) mass is 438 g/mol. The predicted octanol–water partition coefficient (Wildman–Crippen LogP) is 2.96. The number of carboxylic acids is 1. The summed E-state index contributed by atoms with van der Waals surface area (Å²) in [5.74, 6) is -1.59. The number of nitrogens with zero attached hydrogens (tertiary/aromatic N) is 1. The minimum atomic E-state index is -1.13. The van der Waals surface area contributed by atoms with Crippen molar-refractivity contribution in [3.05, 3.63) is 48.0 Å². The maximum atomic E-state index is 13.4. The molecule has 1 aliphatic carbocycles. The number of benzene rings is 2. The molecule has 32 heavy (non-hydrogen) atoms. The number of carbonyl (C=O) groups excluding carboxylic acids is 2. The van der Waals surface area contributed by atoms with Crippen LogP contribution in [0.1, 0.15) is 55.3 Å². The Morgan fingerprint density at radius 3 is 2.47 bits per heavy atom. The number of likely N-dealkylation sites (tertiary alicyclic amines) is 1. The van der Waals surface area contributed by atoms with Crippen molar-refractivity contribution < 1.29 is 24.6 Å². The smallest absolute Gasteiger partial charge is 0.326 e. The van der Waals surface area contributed by atoms with Gasteiger partial charge < -0.3 is 20.4 Å². The highest BCUT2D eigenvalue weighted by Crippen LogP contribution is 2.29. The Balaban J connectivity index is 1.55. The molecule has 3 N–H and O–H groups in total. The average molecular weight is 439 g/mol. The summed E-state index contributed by atoms with van der Waals surface area (Å²) in [5, 5.41) is 24.4. The average Bonchev–Trinajstić information content (AvgIpc) is 3.20. The highest BCUT2D eigenvalue weighted by atomic mass is 16.4. The van der Waals surface area contributed by atoms with Crippen LogP contribution >= 0.6 is 0 Å². The first-order valence-electron chi connectivity index (χ1n) is 11.4. The van der Waals surface area contributed by atoms with E-state index < -0.39 is 30.1 Å². The van der Waals surface area contributed by atoms with Crippen LogP contribution in [0.2, 0.25) is 0 Å². The van der Waals surface area contributed by atoms with E-state index in [1.165, 1.54) is 11.3 Å². The molecule has 1 aliphatic heterocycles. The van der Waals surface area contributed by atoms with Crippen LogP contribution in [0.5, 0.6) is 0 Å². The van der Waals surface area contributed by atoms with E-state index in [-0.39, 0.29) is 18.9 Å². The molecule has 0 spiro atoms. The zero-order chi connectivity index (χ0) is 22.7. The van der Waals surface area contributed by atoms with Gasteiger partial charge in [0.05, 0.1) is 6.10 Å². The van der Waals surface area contributed by atoms with Crippen molar-refractivity contribution in [2.75, 3.05) is 6.54 Å². The zero-order valence-corrected chi connectivity index (χ0v) is 18.1. The Bertz CT molecular complexity index is 1000. The third kappa shape index (κ3) is 4.93. The van der Waals surface area contributed by atoms with E-state index in [9.17, 15) is 24.6 Å². The number of hydrogen-bond donors (Lipinski definition) is 3. The van der Waals surface area contributed by atoms with E-state index >= 15 is 0 Å². The van der Waals surface area contributed by atoms with E-state index in [0.717, 1.165) is 36.5 Å². The molecule has 7 heteroatoms. The molecular formula is C25H30N2O5. The number of carbonyl (C=O) groups is 3. The van der Waals surface area contributed by atoms with Gasteiger partial charge in [0, 0.05) is 18.5 Å². The lowest BCUT2D eigenvalue weighted by atomic mass is 9.84. The molecule has 1 heterocycles. The van der Waals surface area contributed by atoms with Crippen LogP contribution in [0.3, 0.4) is 0 Å². The van der Waals surface area contributed by atoms with Crippen molar-refractivity contribution >= 4 is 28.6 Å². The molecule has 0 unspecified atom stereocenters. The second-order valence-electron chi connectivity index (χ2n) is 9.06. The molecule has 2 aromatic carbocycles. The summed E-state index contributed by atoms with van der Waals surface area (Å²) in [6.07, 6.45) is 5.01. The number of aliphatic carboxylic acids is 1. The number of hydrogen-bond acceptors (Lipinski definition) is 4. The van der Waals surface area contributed by atoms with Gasteiger partial charge in [-0.05, 0) is 35.2 Å². The SMILES string of the molecule is O=C(N[C@H](CC1CCCCC1)C(=O)N1C[C@H](O)C[C@H]1C(=O)O)c1ccc2ccccc2c1. The largest absolute Gasteiger partial charge is 0.480 e. The maximum Gasteiger partial charge on any atom is 0.326 e. The van der Waals surface area contributed by atoms with Crippen LogP contribution in [0.25, 0.3) is 10.8 Å². The lowest BCUT2D eigenvalue weighted by molar-refractivity contribution is -0.149. The van der Waals surface area contributed by atoms with Crippen LogP contribution in [-0.2, 0) is 9.59 Å². The molecule has 2 aromatic rings. The second kappa shape index (κ2) is 9.69. The maximum absolute atomic E-state index is 13.4.